The third-order valence-electron chi connectivity index (χ3n) is 8.80. The van der Waals surface area contributed by atoms with Crippen LogP contribution in [-0.4, -0.2) is 41.6 Å². The van der Waals surface area contributed by atoms with Gasteiger partial charge in [-0.25, -0.2) is 4.79 Å². The molecule has 7 heteroatoms. The molecular formula is C44H76N2O5. The normalized spacial score (nSPS) is 13.3. The second-order valence-electron chi connectivity index (χ2n) is 13.7. The predicted octanol–water partition coefficient (Wildman–Crippen LogP) is 11.4. The molecule has 292 valence electrons. The van der Waals surface area contributed by atoms with Crippen LogP contribution >= 0.6 is 0 Å². The summed E-state index contributed by atoms with van der Waals surface area (Å²) in [5.74, 6) is -1.35. The standard InChI is InChI=1S/C44H76N2O5/c1-3-5-7-9-11-12-13-14-15-16-17-18-19-20-21-22-24-26-32-38-43(48)51-40(34-29-25-23-10-8-6-4-2)35-30-27-28-31-37-42(47)46-41(44(49)50)36-33-39-45/h5,7,11-12,14-15,17-18,29,34,40-41H,3-4,6,8-10,13,16,19-28,30-33,35-39,45H2,1-2H3,(H,46,47)(H,49,50)/b7-5-,12-11-,15-14-,18-17-,34-29-. The van der Waals surface area contributed by atoms with Crippen molar-refractivity contribution in [3.05, 3.63) is 60.8 Å². The van der Waals surface area contributed by atoms with Crippen LogP contribution in [0.4, 0.5) is 0 Å². The highest BCUT2D eigenvalue weighted by Crippen LogP contribution is 2.15. The minimum Gasteiger partial charge on any atom is -0.480 e. The Morgan fingerprint density at radius 3 is 1.75 bits per heavy atom. The average molecular weight is 713 g/mol. The second kappa shape index (κ2) is 38.3. The highest BCUT2D eigenvalue weighted by atomic mass is 16.5. The minimum absolute atomic E-state index is 0.105. The SMILES string of the molecule is CC/C=C\C/C=C\C/C=C\C/C=C\CCCCCCCCC(=O)OC(/C=C\CCCCCCC)CCCCCCC(=O)NC(CCCN)C(=O)O. The third-order valence-corrected chi connectivity index (χ3v) is 8.80. The molecule has 0 aromatic heterocycles. The molecule has 0 aliphatic rings. The topological polar surface area (TPSA) is 119 Å². The van der Waals surface area contributed by atoms with Crippen LogP contribution in [0, 0.1) is 0 Å². The molecule has 0 fully saturated rings. The monoisotopic (exact) mass is 713 g/mol. The van der Waals surface area contributed by atoms with Crippen molar-refractivity contribution in [2.24, 2.45) is 5.73 Å². The van der Waals surface area contributed by atoms with Crippen LogP contribution in [0.5, 0.6) is 0 Å². The van der Waals surface area contributed by atoms with Gasteiger partial charge in [0.25, 0.3) is 0 Å². The molecule has 0 aliphatic carbocycles. The molecule has 51 heavy (non-hydrogen) atoms. The van der Waals surface area contributed by atoms with Crippen LogP contribution in [0.1, 0.15) is 181 Å². The molecule has 2 atom stereocenters. The van der Waals surface area contributed by atoms with Gasteiger partial charge in [-0.05, 0) is 103 Å². The van der Waals surface area contributed by atoms with Gasteiger partial charge in [-0.1, -0.05) is 133 Å². The number of ether oxygens (including phenoxy) is 1. The van der Waals surface area contributed by atoms with Crippen molar-refractivity contribution >= 4 is 17.8 Å². The number of esters is 1. The number of carbonyl (C=O) groups is 3. The molecule has 1 amide bonds. The fourth-order valence-corrected chi connectivity index (χ4v) is 5.70. The molecule has 0 saturated carbocycles. The van der Waals surface area contributed by atoms with E-state index in [4.69, 9.17) is 10.5 Å². The van der Waals surface area contributed by atoms with E-state index in [9.17, 15) is 19.5 Å². The number of allylic oxidation sites excluding steroid dienone is 9. The molecule has 0 spiro atoms. The van der Waals surface area contributed by atoms with E-state index < -0.39 is 12.0 Å². The maximum absolute atomic E-state index is 12.7. The molecule has 0 saturated heterocycles. The number of unbranched alkanes of at least 4 members (excludes halogenated alkanes) is 14. The zero-order chi connectivity index (χ0) is 37.5. The van der Waals surface area contributed by atoms with Crippen LogP contribution in [0.25, 0.3) is 0 Å². The lowest BCUT2D eigenvalue weighted by Gasteiger charge is -2.15. The Bertz CT molecular complexity index is 984. The highest BCUT2D eigenvalue weighted by molar-refractivity contribution is 5.83. The number of hydrogen-bond donors (Lipinski definition) is 3. The van der Waals surface area contributed by atoms with Gasteiger partial charge in [0, 0.05) is 12.8 Å². The summed E-state index contributed by atoms with van der Waals surface area (Å²) in [6.07, 6.45) is 47.1. The first kappa shape index (κ1) is 48.1. The fourth-order valence-electron chi connectivity index (χ4n) is 5.70. The Kier molecular flexibility index (Phi) is 36.1. The van der Waals surface area contributed by atoms with Crippen molar-refractivity contribution in [2.75, 3.05) is 6.54 Å². The Morgan fingerprint density at radius 1 is 0.608 bits per heavy atom. The summed E-state index contributed by atoms with van der Waals surface area (Å²) >= 11 is 0. The van der Waals surface area contributed by atoms with E-state index >= 15 is 0 Å². The van der Waals surface area contributed by atoms with Crippen LogP contribution < -0.4 is 11.1 Å². The molecular weight excluding hydrogens is 636 g/mol. The number of nitrogens with two attached hydrogens (primary N) is 1. The number of hydrogen-bond acceptors (Lipinski definition) is 5. The summed E-state index contributed by atoms with van der Waals surface area (Å²) < 4.78 is 5.90. The molecule has 0 aliphatic heterocycles. The average Bonchev–Trinajstić information content (AvgIpc) is 3.11. The Labute approximate surface area is 312 Å². The van der Waals surface area contributed by atoms with Gasteiger partial charge >= 0.3 is 11.9 Å². The third kappa shape index (κ3) is 35.3. The van der Waals surface area contributed by atoms with Crippen LogP contribution in [0.15, 0.2) is 60.8 Å². The van der Waals surface area contributed by atoms with Crippen molar-refractivity contribution in [1.29, 1.82) is 0 Å². The van der Waals surface area contributed by atoms with E-state index in [0.717, 1.165) is 89.9 Å². The summed E-state index contributed by atoms with van der Waals surface area (Å²) in [5, 5.41) is 11.9. The largest absolute Gasteiger partial charge is 0.480 e. The van der Waals surface area contributed by atoms with E-state index in [-0.39, 0.29) is 18.0 Å². The van der Waals surface area contributed by atoms with Gasteiger partial charge in [0.15, 0.2) is 0 Å². The van der Waals surface area contributed by atoms with E-state index in [2.05, 4.69) is 79.9 Å². The van der Waals surface area contributed by atoms with Gasteiger partial charge in [-0.15, -0.1) is 0 Å². The predicted molar refractivity (Wildman–Crippen MR) is 216 cm³/mol. The van der Waals surface area contributed by atoms with Crippen LogP contribution in [-0.2, 0) is 19.1 Å². The van der Waals surface area contributed by atoms with E-state index in [1.54, 1.807) is 0 Å². The molecule has 7 nitrogen and oxygen atoms in total. The van der Waals surface area contributed by atoms with Gasteiger partial charge < -0.3 is 20.9 Å². The van der Waals surface area contributed by atoms with Crippen molar-refractivity contribution < 1.29 is 24.2 Å². The molecule has 4 N–H and O–H groups in total. The molecule has 0 rings (SSSR count). The lowest BCUT2D eigenvalue weighted by atomic mass is 10.1. The van der Waals surface area contributed by atoms with E-state index in [1.165, 1.54) is 44.9 Å². The summed E-state index contributed by atoms with van der Waals surface area (Å²) in [5.41, 5.74) is 5.47. The number of carbonyl (C=O) groups excluding carboxylic acids is 2. The maximum Gasteiger partial charge on any atom is 0.326 e. The second-order valence-corrected chi connectivity index (χ2v) is 13.7. The highest BCUT2D eigenvalue weighted by Gasteiger charge is 2.19. The summed E-state index contributed by atoms with van der Waals surface area (Å²) in [6.45, 7) is 4.78. The Hall–Kier alpha value is -2.93. The van der Waals surface area contributed by atoms with Crippen LogP contribution in [0.2, 0.25) is 0 Å². The van der Waals surface area contributed by atoms with Crippen LogP contribution in [0.3, 0.4) is 0 Å². The quantitative estimate of drug-likeness (QED) is 0.0338. The lowest BCUT2D eigenvalue weighted by molar-refractivity contribution is -0.147. The molecule has 0 aromatic rings. The molecule has 0 heterocycles. The van der Waals surface area contributed by atoms with Crippen molar-refractivity contribution in [2.45, 2.75) is 193 Å². The summed E-state index contributed by atoms with van der Waals surface area (Å²) in [4.78, 5) is 36.2. The zero-order valence-electron chi connectivity index (χ0n) is 32.7. The first-order chi connectivity index (χ1) is 24.9. The number of carboxylic acids is 1. The van der Waals surface area contributed by atoms with E-state index in [1.807, 2.05) is 0 Å². The van der Waals surface area contributed by atoms with Crippen molar-refractivity contribution in [3.63, 3.8) is 0 Å². The minimum atomic E-state index is -1.02. The van der Waals surface area contributed by atoms with Crippen molar-refractivity contribution in [1.82, 2.24) is 5.32 Å². The van der Waals surface area contributed by atoms with Gasteiger partial charge in [0.1, 0.15) is 12.1 Å². The summed E-state index contributed by atoms with van der Waals surface area (Å²) in [6, 6.07) is -0.873. The lowest BCUT2D eigenvalue weighted by Crippen LogP contribution is -2.40. The number of aliphatic carboxylic acids is 1. The van der Waals surface area contributed by atoms with Gasteiger partial charge in [-0.2, -0.15) is 0 Å². The summed E-state index contributed by atoms with van der Waals surface area (Å²) in [7, 11) is 0. The Balaban J connectivity index is 4.24. The van der Waals surface area contributed by atoms with Gasteiger partial charge in [0.05, 0.1) is 0 Å². The Morgan fingerprint density at radius 2 is 1.14 bits per heavy atom. The molecule has 0 aromatic carbocycles. The van der Waals surface area contributed by atoms with Gasteiger partial charge in [0.2, 0.25) is 5.91 Å². The maximum atomic E-state index is 12.7. The number of nitrogens with one attached hydrogen (secondary N) is 1. The molecule has 0 bridgehead atoms. The first-order valence-electron chi connectivity index (χ1n) is 20.6. The fraction of sp³-hybridized carbons (Fsp3) is 0.705. The van der Waals surface area contributed by atoms with Gasteiger partial charge in [-0.3, -0.25) is 9.59 Å². The smallest absolute Gasteiger partial charge is 0.326 e. The number of carboxylic acid groups (broad SMARTS) is 1. The first-order valence-corrected chi connectivity index (χ1v) is 20.6. The molecule has 0 radical (unpaired) electrons. The number of amides is 1. The molecule has 2 unspecified atom stereocenters. The van der Waals surface area contributed by atoms with Crippen molar-refractivity contribution in [3.8, 4) is 0 Å². The van der Waals surface area contributed by atoms with E-state index in [0.29, 0.717) is 38.6 Å². The number of rotatable bonds is 36. The zero-order valence-corrected chi connectivity index (χ0v) is 32.7.